The molecule has 0 fully saturated rings. The Morgan fingerprint density at radius 2 is 2.14 bits per heavy atom. The molecule has 0 aliphatic carbocycles. The van der Waals surface area contributed by atoms with Crippen LogP contribution >= 0.6 is 0 Å². The van der Waals surface area contributed by atoms with Gasteiger partial charge in [0.2, 0.25) is 0 Å². The Hall–Kier alpha value is -2.56. The van der Waals surface area contributed by atoms with Gasteiger partial charge in [0.1, 0.15) is 11.6 Å². The Balaban J connectivity index is 1.94. The van der Waals surface area contributed by atoms with E-state index in [9.17, 15) is 0 Å². The monoisotopic (exact) mass is 282 g/mol. The maximum absolute atomic E-state index is 5.51. The van der Waals surface area contributed by atoms with Crippen LogP contribution in [0, 0.1) is 6.92 Å². The minimum atomic E-state index is 0.117. The standard InChI is InChI=1S/C16H18N4O/c1-3-13(15-7-5-11-21-15)19-14-6-4-8-18-16(14)20-10-9-17-12(20)2/h4-11,13,19H,3H2,1-2H3. The number of aromatic nitrogens is 3. The quantitative estimate of drug-likeness (QED) is 0.774. The van der Waals surface area contributed by atoms with E-state index in [2.05, 4.69) is 22.2 Å². The highest BCUT2D eigenvalue weighted by molar-refractivity contribution is 5.58. The molecular weight excluding hydrogens is 264 g/mol. The van der Waals surface area contributed by atoms with Crippen LogP contribution < -0.4 is 5.32 Å². The molecule has 1 atom stereocenters. The number of hydrogen-bond acceptors (Lipinski definition) is 4. The number of nitrogens with zero attached hydrogens (tertiary/aromatic N) is 3. The average molecular weight is 282 g/mol. The molecule has 1 N–H and O–H groups in total. The fraction of sp³-hybridized carbons (Fsp3) is 0.250. The van der Waals surface area contributed by atoms with Crippen molar-refractivity contribution in [2.75, 3.05) is 5.32 Å². The number of nitrogens with one attached hydrogen (secondary N) is 1. The third kappa shape index (κ3) is 2.67. The van der Waals surface area contributed by atoms with Gasteiger partial charge < -0.3 is 9.73 Å². The first-order valence-corrected chi connectivity index (χ1v) is 7.05. The molecule has 108 valence electrons. The largest absolute Gasteiger partial charge is 0.467 e. The third-order valence-corrected chi connectivity index (χ3v) is 3.47. The molecule has 21 heavy (non-hydrogen) atoms. The van der Waals surface area contributed by atoms with Gasteiger partial charge in [-0.25, -0.2) is 9.97 Å². The van der Waals surface area contributed by atoms with Crippen LogP contribution in [0.3, 0.4) is 0 Å². The summed E-state index contributed by atoms with van der Waals surface area (Å²) >= 11 is 0. The van der Waals surface area contributed by atoms with Crippen molar-refractivity contribution in [3.63, 3.8) is 0 Å². The van der Waals surface area contributed by atoms with Crippen LogP contribution in [0.2, 0.25) is 0 Å². The van der Waals surface area contributed by atoms with Gasteiger partial charge in [-0.3, -0.25) is 4.57 Å². The predicted octanol–water partition coefficient (Wildman–Crippen LogP) is 3.73. The number of furan rings is 1. The van der Waals surface area contributed by atoms with Crippen LogP contribution in [0.4, 0.5) is 5.69 Å². The first-order valence-electron chi connectivity index (χ1n) is 7.05. The number of anilines is 1. The summed E-state index contributed by atoms with van der Waals surface area (Å²) in [4.78, 5) is 8.74. The summed E-state index contributed by atoms with van der Waals surface area (Å²) in [5.74, 6) is 2.68. The van der Waals surface area contributed by atoms with Crippen molar-refractivity contribution < 1.29 is 4.42 Å². The summed E-state index contributed by atoms with van der Waals surface area (Å²) in [6.07, 6.45) is 8.09. The molecule has 0 aliphatic heterocycles. The van der Waals surface area contributed by atoms with Gasteiger partial charge in [-0.2, -0.15) is 0 Å². The van der Waals surface area contributed by atoms with Crippen molar-refractivity contribution in [1.82, 2.24) is 14.5 Å². The van der Waals surface area contributed by atoms with Crippen LogP contribution in [0.1, 0.15) is 31.0 Å². The van der Waals surface area contributed by atoms with Crippen LogP contribution in [-0.4, -0.2) is 14.5 Å². The molecule has 0 bridgehead atoms. The van der Waals surface area contributed by atoms with E-state index in [1.54, 1.807) is 18.7 Å². The van der Waals surface area contributed by atoms with E-state index in [4.69, 9.17) is 4.42 Å². The Morgan fingerprint density at radius 3 is 2.81 bits per heavy atom. The molecule has 0 radical (unpaired) electrons. The zero-order valence-electron chi connectivity index (χ0n) is 12.2. The third-order valence-electron chi connectivity index (χ3n) is 3.47. The topological polar surface area (TPSA) is 55.9 Å². The molecule has 3 heterocycles. The predicted molar refractivity (Wildman–Crippen MR) is 81.5 cm³/mol. The average Bonchev–Trinajstić information content (AvgIpc) is 3.16. The highest BCUT2D eigenvalue weighted by Gasteiger charge is 2.15. The van der Waals surface area contributed by atoms with Crippen LogP contribution in [0.15, 0.2) is 53.5 Å². The summed E-state index contributed by atoms with van der Waals surface area (Å²) in [5, 5.41) is 3.51. The molecule has 5 heteroatoms. The van der Waals surface area contributed by atoms with E-state index in [0.717, 1.165) is 29.5 Å². The zero-order chi connectivity index (χ0) is 14.7. The first-order chi connectivity index (χ1) is 10.3. The van der Waals surface area contributed by atoms with Gasteiger partial charge >= 0.3 is 0 Å². The van der Waals surface area contributed by atoms with Crippen molar-refractivity contribution >= 4 is 5.69 Å². The summed E-state index contributed by atoms with van der Waals surface area (Å²) in [6, 6.07) is 7.95. The molecule has 0 aromatic carbocycles. The molecule has 0 spiro atoms. The lowest BCUT2D eigenvalue weighted by Gasteiger charge is -2.18. The first kappa shape index (κ1) is 13.4. The van der Waals surface area contributed by atoms with Gasteiger partial charge in [-0.1, -0.05) is 6.92 Å². The van der Waals surface area contributed by atoms with Crippen LogP contribution in [0.5, 0.6) is 0 Å². The van der Waals surface area contributed by atoms with E-state index >= 15 is 0 Å². The van der Waals surface area contributed by atoms with Crippen molar-refractivity contribution in [3.05, 3.63) is 60.7 Å². The summed E-state index contributed by atoms with van der Waals surface area (Å²) < 4.78 is 7.48. The maximum atomic E-state index is 5.51. The van der Waals surface area contributed by atoms with Gasteiger partial charge in [0.15, 0.2) is 5.82 Å². The smallest absolute Gasteiger partial charge is 0.161 e. The highest BCUT2D eigenvalue weighted by Crippen LogP contribution is 2.26. The highest BCUT2D eigenvalue weighted by atomic mass is 16.3. The SMILES string of the molecule is CCC(Nc1cccnc1-n1ccnc1C)c1ccco1. The fourth-order valence-corrected chi connectivity index (χ4v) is 2.36. The van der Waals surface area contributed by atoms with Gasteiger partial charge in [0.05, 0.1) is 18.0 Å². The lowest BCUT2D eigenvalue weighted by Crippen LogP contribution is -2.12. The molecule has 3 aromatic heterocycles. The van der Waals surface area contributed by atoms with E-state index in [-0.39, 0.29) is 6.04 Å². The molecule has 5 nitrogen and oxygen atoms in total. The number of rotatable bonds is 5. The Kier molecular flexibility index (Phi) is 3.73. The van der Waals surface area contributed by atoms with Gasteiger partial charge in [-0.05, 0) is 37.6 Å². The molecule has 0 saturated carbocycles. The molecule has 3 aromatic rings. The van der Waals surface area contributed by atoms with Crippen molar-refractivity contribution in [1.29, 1.82) is 0 Å². The van der Waals surface area contributed by atoms with E-state index < -0.39 is 0 Å². The Bertz CT molecular complexity index is 703. The van der Waals surface area contributed by atoms with E-state index in [1.165, 1.54) is 0 Å². The minimum absolute atomic E-state index is 0.117. The zero-order valence-corrected chi connectivity index (χ0v) is 12.2. The maximum Gasteiger partial charge on any atom is 0.161 e. The van der Waals surface area contributed by atoms with Crippen molar-refractivity contribution in [2.45, 2.75) is 26.3 Å². The van der Waals surface area contributed by atoms with Crippen LogP contribution in [-0.2, 0) is 0 Å². The second-order valence-corrected chi connectivity index (χ2v) is 4.84. The summed E-state index contributed by atoms with van der Waals surface area (Å²) in [7, 11) is 0. The Labute approximate surface area is 123 Å². The number of pyridine rings is 1. The van der Waals surface area contributed by atoms with Gasteiger partial charge in [0, 0.05) is 18.6 Å². The summed E-state index contributed by atoms with van der Waals surface area (Å²) in [5.41, 5.74) is 0.960. The molecule has 1 unspecified atom stereocenters. The van der Waals surface area contributed by atoms with E-state index in [1.807, 2.05) is 42.0 Å². The molecule has 0 aliphatic rings. The fourth-order valence-electron chi connectivity index (χ4n) is 2.36. The lowest BCUT2D eigenvalue weighted by molar-refractivity contribution is 0.474. The van der Waals surface area contributed by atoms with Crippen molar-refractivity contribution in [2.24, 2.45) is 0 Å². The Morgan fingerprint density at radius 1 is 1.24 bits per heavy atom. The molecule has 0 saturated heterocycles. The number of imidazole rings is 1. The lowest BCUT2D eigenvalue weighted by atomic mass is 10.1. The van der Waals surface area contributed by atoms with Gasteiger partial charge in [-0.15, -0.1) is 0 Å². The van der Waals surface area contributed by atoms with Crippen molar-refractivity contribution in [3.8, 4) is 5.82 Å². The molecule has 3 rings (SSSR count). The number of aryl methyl sites for hydroxylation is 1. The summed E-state index contributed by atoms with van der Waals surface area (Å²) in [6.45, 7) is 4.08. The minimum Gasteiger partial charge on any atom is -0.467 e. The number of hydrogen-bond donors (Lipinski definition) is 1. The second kappa shape index (κ2) is 5.83. The second-order valence-electron chi connectivity index (χ2n) is 4.84. The van der Waals surface area contributed by atoms with Gasteiger partial charge in [0.25, 0.3) is 0 Å². The normalized spacial score (nSPS) is 12.3. The van der Waals surface area contributed by atoms with Crippen LogP contribution in [0.25, 0.3) is 5.82 Å². The van der Waals surface area contributed by atoms with E-state index in [0.29, 0.717) is 0 Å². The molecule has 0 amide bonds. The molecular formula is C16H18N4O.